The van der Waals surface area contributed by atoms with Gasteiger partial charge in [-0.2, -0.15) is 0 Å². The minimum absolute atomic E-state index is 0.312. The molecule has 0 radical (unpaired) electrons. The van der Waals surface area contributed by atoms with Gasteiger partial charge in [0.15, 0.2) is 0 Å². The second-order valence-electron chi connectivity index (χ2n) is 6.85. The van der Waals surface area contributed by atoms with Crippen molar-refractivity contribution in [2.24, 2.45) is 0 Å². The zero-order valence-corrected chi connectivity index (χ0v) is 18.4. The van der Waals surface area contributed by atoms with Crippen molar-refractivity contribution in [2.75, 3.05) is 20.8 Å². The van der Waals surface area contributed by atoms with E-state index in [1.54, 1.807) is 29.4 Å². The van der Waals surface area contributed by atoms with E-state index in [1.165, 1.54) is 14.2 Å². The van der Waals surface area contributed by atoms with Crippen LogP contribution in [0.2, 0.25) is 5.02 Å². The maximum Gasteiger partial charge on any atom is 0.336 e. The van der Waals surface area contributed by atoms with E-state index in [1.807, 2.05) is 43.3 Å². The van der Waals surface area contributed by atoms with Gasteiger partial charge in [-0.3, -0.25) is 0 Å². The van der Waals surface area contributed by atoms with Crippen molar-refractivity contribution in [3.05, 3.63) is 88.2 Å². The Morgan fingerprint density at radius 1 is 0.935 bits per heavy atom. The van der Waals surface area contributed by atoms with Crippen LogP contribution in [-0.4, -0.2) is 37.7 Å². The highest BCUT2D eigenvalue weighted by atomic mass is 35.5. The van der Waals surface area contributed by atoms with E-state index in [-0.39, 0.29) is 0 Å². The minimum Gasteiger partial charge on any atom is -0.494 e. The maximum atomic E-state index is 12.8. The Morgan fingerprint density at radius 3 is 2.06 bits per heavy atom. The van der Waals surface area contributed by atoms with Crippen LogP contribution < -0.4 is 4.74 Å². The first-order valence-electron chi connectivity index (χ1n) is 9.80. The lowest BCUT2D eigenvalue weighted by molar-refractivity contribution is -0.137. The van der Waals surface area contributed by atoms with Crippen LogP contribution in [0.3, 0.4) is 0 Å². The second-order valence-corrected chi connectivity index (χ2v) is 7.29. The van der Waals surface area contributed by atoms with Gasteiger partial charge in [0.1, 0.15) is 5.75 Å². The second kappa shape index (κ2) is 10.2. The first kappa shape index (κ1) is 22.4. The Morgan fingerprint density at radius 2 is 1.52 bits per heavy atom. The summed E-state index contributed by atoms with van der Waals surface area (Å²) >= 11 is 5.98. The number of benzene rings is 2. The largest absolute Gasteiger partial charge is 0.494 e. The molecule has 3 rings (SSSR count). The van der Waals surface area contributed by atoms with Crippen molar-refractivity contribution >= 4 is 23.5 Å². The minimum atomic E-state index is -0.691. The molecule has 0 amide bonds. The van der Waals surface area contributed by atoms with Crippen molar-refractivity contribution in [1.82, 2.24) is 4.90 Å². The molecule has 1 aliphatic rings. The molecule has 0 bridgehead atoms. The lowest BCUT2D eigenvalue weighted by Crippen LogP contribution is -2.29. The third-order valence-corrected chi connectivity index (χ3v) is 5.13. The molecule has 2 aromatic rings. The molecule has 0 saturated heterocycles. The van der Waals surface area contributed by atoms with E-state index < -0.39 is 17.9 Å². The fraction of sp³-hybridized carbons (Fsp3) is 0.250. The van der Waals surface area contributed by atoms with Crippen molar-refractivity contribution in [3.8, 4) is 5.75 Å². The Balaban J connectivity index is 2.10. The van der Waals surface area contributed by atoms with Gasteiger partial charge in [0, 0.05) is 29.5 Å². The third kappa shape index (κ3) is 5.09. The normalized spacial score (nSPS) is 13.9. The SMILES string of the molecule is CCOc1ccccc1C1C(C(=O)OC)=CN(Cc2ccc(Cl)cc2)C=C1C(=O)OC. The number of methoxy groups -OCH3 is 2. The number of rotatable bonds is 7. The van der Waals surface area contributed by atoms with Gasteiger partial charge < -0.3 is 19.1 Å². The molecule has 0 saturated carbocycles. The average molecular weight is 442 g/mol. The topological polar surface area (TPSA) is 65.1 Å². The number of carbonyl (C=O) groups is 2. The van der Waals surface area contributed by atoms with E-state index >= 15 is 0 Å². The van der Waals surface area contributed by atoms with Crippen LogP contribution in [0, 0.1) is 0 Å². The number of hydrogen-bond acceptors (Lipinski definition) is 6. The molecule has 31 heavy (non-hydrogen) atoms. The molecule has 0 N–H and O–H groups in total. The van der Waals surface area contributed by atoms with Crippen LogP contribution in [-0.2, 0) is 25.6 Å². The van der Waals surface area contributed by atoms with E-state index in [2.05, 4.69) is 0 Å². The molecule has 1 aliphatic heterocycles. The first-order valence-corrected chi connectivity index (χ1v) is 10.2. The number of para-hydroxylation sites is 1. The summed E-state index contributed by atoms with van der Waals surface area (Å²) < 4.78 is 15.9. The summed E-state index contributed by atoms with van der Waals surface area (Å²) in [5, 5.41) is 0.631. The Labute approximate surface area is 186 Å². The van der Waals surface area contributed by atoms with Gasteiger partial charge in [-0.25, -0.2) is 9.59 Å². The van der Waals surface area contributed by atoms with E-state index in [9.17, 15) is 9.59 Å². The monoisotopic (exact) mass is 441 g/mol. The highest BCUT2D eigenvalue weighted by molar-refractivity contribution is 6.30. The molecule has 0 spiro atoms. The summed E-state index contributed by atoms with van der Waals surface area (Å²) in [6.07, 6.45) is 3.39. The predicted octanol–water partition coefficient (Wildman–Crippen LogP) is 4.45. The molecule has 7 heteroatoms. The molecule has 0 atom stereocenters. The predicted molar refractivity (Wildman–Crippen MR) is 118 cm³/mol. The zero-order valence-electron chi connectivity index (χ0n) is 17.6. The Kier molecular flexibility index (Phi) is 7.36. The first-order chi connectivity index (χ1) is 15.0. The van der Waals surface area contributed by atoms with Crippen LogP contribution in [0.25, 0.3) is 0 Å². The van der Waals surface area contributed by atoms with Crippen LogP contribution >= 0.6 is 11.6 Å². The quantitative estimate of drug-likeness (QED) is 0.591. The summed E-state index contributed by atoms with van der Waals surface area (Å²) in [5.74, 6) is -1.17. The average Bonchev–Trinajstić information content (AvgIpc) is 2.79. The summed E-state index contributed by atoms with van der Waals surface area (Å²) in [6.45, 7) is 2.75. The number of carbonyl (C=O) groups excluding carboxylic acids is 2. The molecule has 0 aliphatic carbocycles. The molecular weight excluding hydrogens is 418 g/mol. The number of esters is 2. The molecular formula is C24H24ClNO5. The van der Waals surface area contributed by atoms with Gasteiger partial charge in [0.2, 0.25) is 0 Å². The summed E-state index contributed by atoms with van der Waals surface area (Å²) in [5.41, 5.74) is 2.26. The Bertz CT molecular complexity index is 979. The zero-order chi connectivity index (χ0) is 22.4. The molecule has 6 nitrogen and oxygen atoms in total. The van der Waals surface area contributed by atoms with Gasteiger partial charge in [-0.1, -0.05) is 41.9 Å². The van der Waals surface area contributed by atoms with Gasteiger partial charge in [0.05, 0.1) is 37.9 Å². The smallest absolute Gasteiger partial charge is 0.336 e. The number of hydrogen-bond donors (Lipinski definition) is 0. The molecule has 162 valence electrons. The number of nitrogens with zero attached hydrogens (tertiary/aromatic N) is 1. The van der Waals surface area contributed by atoms with Crippen LogP contribution in [0.4, 0.5) is 0 Å². The Hall–Kier alpha value is -3.25. The lowest BCUT2D eigenvalue weighted by Gasteiger charge is -2.31. The van der Waals surface area contributed by atoms with Crippen molar-refractivity contribution < 1.29 is 23.8 Å². The summed E-state index contributed by atoms with van der Waals surface area (Å²) in [7, 11) is 2.63. The fourth-order valence-electron chi connectivity index (χ4n) is 3.52. The van der Waals surface area contributed by atoms with E-state index in [4.69, 9.17) is 25.8 Å². The van der Waals surface area contributed by atoms with E-state index in [0.29, 0.717) is 40.6 Å². The number of halogens is 1. The van der Waals surface area contributed by atoms with Gasteiger partial charge in [-0.15, -0.1) is 0 Å². The maximum absolute atomic E-state index is 12.8. The number of ether oxygens (including phenoxy) is 3. The van der Waals surface area contributed by atoms with Crippen LogP contribution in [0.15, 0.2) is 72.1 Å². The van der Waals surface area contributed by atoms with Gasteiger partial charge in [-0.05, 0) is 30.7 Å². The highest BCUT2D eigenvalue weighted by Gasteiger charge is 2.36. The molecule has 0 fully saturated rings. The van der Waals surface area contributed by atoms with Crippen LogP contribution in [0.1, 0.15) is 24.0 Å². The summed E-state index contributed by atoms with van der Waals surface area (Å²) in [6, 6.07) is 14.7. The molecule has 0 aromatic heterocycles. The van der Waals surface area contributed by atoms with Crippen molar-refractivity contribution in [1.29, 1.82) is 0 Å². The fourth-order valence-corrected chi connectivity index (χ4v) is 3.65. The van der Waals surface area contributed by atoms with E-state index in [0.717, 1.165) is 5.56 Å². The van der Waals surface area contributed by atoms with Crippen molar-refractivity contribution in [2.45, 2.75) is 19.4 Å². The molecule has 2 aromatic carbocycles. The lowest BCUT2D eigenvalue weighted by atomic mass is 9.82. The third-order valence-electron chi connectivity index (χ3n) is 4.88. The highest BCUT2D eigenvalue weighted by Crippen LogP contribution is 2.41. The van der Waals surface area contributed by atoms with Gasteiger partial charge in [0.25, 0.3) is 0 Å². The van der Waals surface area contributed by atoms with Gasteiger partial charge >= 0.3 is 11.9 Å². The van der Waals surface area contributed by atoms with Crippen LogP contribution in [0.5, 0.6) is 5.75 Å². The standard InChI is InChI=1S/C24H24ClNO5/c1-4-31-21-8-6-5-7-18(21)22-19(23(27)29-2)14-26(15-20(22)24(28)30-3)13-16-9-11-17(25)12-10-16/h5-12,14-15,22H,4,13H2,1-3H3. The molecule has 0 unspecified atom stereocenters. The van der Waals surface area contributed by atoms with Crippen molar-refractivity contribution in [3.63, 3.8) is 0 Å². The molecule has 1 heterocycles. The summed E-state index contributed by atoms with van der Waals surface area (Å²) in [4.78, 5) is 27.3.